The molecule has 0 radical (unpaired) electrons. The van der Waals surface area contributed by atoms with E-state index in [4.69, 9.17) is 10.5 Å². The number of aryl methyl sites for hydroxylation is 1. The second kappa shape index (κ2) is 6.31. The minimum atomic E-state index is -3.74. The number of aliphatic hydroxyl groups excluding tert-OH is 1. The summed E-state index contributed by atoms with van der Waals surface area (Å²) in [6.07, 6.45) is 1.49. The number of ether oxygens (including phenoxy) is 1. The molecule has 1 saturated heterocycles. The number of sulfonamides is 1. The molecule has 21 heavy (non-hydrogen) atoms. The van der Waals surface area contributed by atoms with Crippen LogP contribution >= 0.6 is 0 Å². The van der Waals surface area contributed by atoms with Crippen LogP contribution in [0.1, 0.15) is 25.3 Å². The lowest BCUT2D eigenvalue weighted by Crippen LogP contribution is -2.54. The van der Waals surface area contributed by atoms with Crippen molar-refractivity contribution in [3.63, 3.8) is 0 Å². The van der Waals surface area contributed by atoms with Crippen LogP contribution in [0.3, 0.4) is 0 Å². The zero-order valence-corrected chi connectivity index (χ0v) is 12.9. The first kappa shape index (κ1) is 16.2. The van der Waals surface area contributed by atoms with Crippen molar-refractivity contribution >= 4 is 15.7 Å². The summed E-state index contributed by atoms with van der Waals surface area (Å²) < 4.78 is 33.3. The van der Waals surface area contributed by atoms with Gasteiger partial charge in [0.25, 0.3) is 0 Å². The first-order valence-corrected chi connectivity index (χ1v) is 8.52. The van der Waals surface area contributed by atoms with E-state index in [-0.39, 0.29) is 11.5 Å². The Bertz CT molecular complexity index is 595. The van der Waals surface area contributed by atoms with E-state index in [1.807, 2.05) is 6.92 Å². The number of anilines is 1. The summed E-state index contributed by atoms with van der Waals surface area (Å²) in [6.45, 7) is 2.50. The number of aliphatic hydroxyl groups is 1. The summed E-state index contributed by atoms with van der Waals surface area (Å²) >= 11 is 0. The van der Waals surface area contributed by atoms with E-state index in [9.17, 15) is 13.5 Å². The van der Waals surface area contributed by atoms with Crippen LogP contribution in [0.2, 0.25) is 0 Å². The fourth-order valence-electron chi connectivity index (χ4n) is 2.51. The number of hydrogen-bond acceptors (Lipinski definition) is 5. The van der Waals surface area contributed by atoms with E-state index < -0.39 is 15.6 Å². The van der Waals surface area contributed by atoms with Gasteiger partial charge in [-0.25, -0.2) is 13.1 Å². The van der Waals surface area contributed by atoms with Crippen LogP contribution in [0.4, 0.5) is 5.69 Å². The predicted molar refractivity (Wildman–Crippen MR) is 80.4 cm³/mol. The normalized spacial score (nSPS) is 18.6. The van der Waals surface area contributed by atoms with Crippen LogP contribution in [0.5, 0.6) is 0 Å². The van der Waals surface area contributed by atoms with E-state index in [0.717, 1.165) is 0 Å². The summed E-state index contributed by atoms with van der Waals surface area (Å²) in [4.78, 5) is 0.185. The second-order valence-corrected chi connectivity index (χ2v) is 7.03. The van der Waals surface area contributed by atoms with E-state index >= 15 is 0 Å². The molecular weight excluding hydrogens is 292 g/mol. The van der Waals surface area contributed by atoms with Crippen molar-refractivity contribution in [1.82, 2.24) is 4.72 Å². The number of hydrogen-bond donors (Lipinski definition) is 3. The van der Waals surface area contributed by atoms with Gasteiger partial charge in [0.05, 0.1) is 17.0 Å². The molecule has 0 aromatic heterocycles. The van der Waals surface area contributed by atoms with Gasteiger partial charge in [-0.1, -0.05) is 13.0 Å². The standard InChI is InChI=1S/C14H22N2O4S/c1-2-11-3-4-12(15)9-13(11)21(18,19)16-14(10-17)5-7-20-8-6-14/h3-4,9,16-17H,2,5-8,10,15H2,1H3. The molecule has 4 N–H and O–H groups in total. The highest BCUT2D eigenvalue weighted by molar-refractivity contribution is 7.89. The van der Waals surface area contributed by atoms with Crippen molar-refractivity contribution in [3.05, 3.63) is 23.8 Å². The topological polar surface area (TPSA) is 102 Å². The van der Waals surface area contributed by atoms with Gasteiger partial charge in [-0.05, 0) is 37.0 Å². The number of rotatable bonds is 5. The van der Waals surface area contributed by atoms with Gasteiger partial charge in [0.1, 0.15) is 0 Å². The molecule has 1 aromatic carbocycles. The van der Waals surface area contributed by atoms with Crippen molar-refractivity contribution in [3.8, 4) is 0 Å². The van der Waals surface area contributed by atoms with Gasteiger partial charge in [-0.2, -0.15) is 0 Å². The zero-order chi connectivity index (χ0) is 15.5. The minimum absolute atomic E-state index is 0.185. The Hall–Kier alpha value is -1.15. The van der Waals surface area contributed by atoms with Crippen LogP contribution < -0.4 is 10.5 Å². The lowest BCUT2D eigenvalue weighted by atomic mass is 9.93. The van der Waals surface area contributed by atoms with E-state index in [1.54, 1.807) is 12.1 Å². The maximum Gasteiger partial charge on any atom is 0.241 e. The van der Waals surface area contributed by atoms with Crippen LogP contribution in [0.15, 0.2) is 23.1 Å². The monoisotopic (exact) mass is 314 g/mol. The molecule has 0 spiro atoms. The zero-order valence-electron chi connectivity index (χ0n) is 12.1. The molecule has 1 aromatic rings. The van der Waals surface area contributed by atoms with Crippen molar-refractivity contribution in [2.24, 2.45) is 0 Å². The van der Waals surface area contributed by atoms with E-state index in [1.165, 1.54) is 6.07 Å². The van der Waals surface area contributed by atoms with Gasteiger partial charge < -0.3 is 15.6 Å². The molecule has 118 valence electrons. The SMILES string of the molecule is CCc1ccc(N)cc1S(=O)(=O)NC1(CO)CCOCC1. The molecule has 6 nitrogen and oxygen atoms in total. The van der Waals surface area contributed by atoms with Gasteiger partial charge in [-0.15, -0.1) is 0 Å². The molecule has 0 unspecified atom stereocenters. The maximum atomic E-state index is 12.7. The molecule has 1 aliphatic heterocycles. The molecule has 1 heterocycles. The Morgan fingerprint density at radius 2 is 2.05 bits per heavy atom. The van der Waals surface area contributed by atoms with Gasteiger partial charge in [0.15, 0.2) is 0 Å². The number of nitrogens with one attached hydrogen (secondary N) is 1. The number of benzene rings is 1. The fraction of sp³-hybridized carbons (Fsp3) is 0.571. The number of nitrogens with two attached hydrogens (primary N) is 1. The van der Waals surface area contributed by atoms with Crippen molar-refractivity contribution in [1.29, 1.82) is 0 Å². The minimum Gasteiger partial charge on any atom is -0.399 e. The highest BCUT2D eigenvalue weighted by Gasteiger charge is 2.37. The average molecular weight is 314 g/mol. The Labute approximate surface area is 125 Å². The molecule has 0 aliphatic carbocycles. The molecule has 0 saturated carbocycles. The molecule has 7 heteroatoms. The molecule has 2 rings (SSSR count). The number of nitrogen functional groups attached to an aromatic ring is 1. The van der Waals surface area contributed by atoms with Gasteiger partial charge in [0.2, 0.25) is 10.0 Å². The Kier molecular flexibility index (Phi) is 4.88. The van der Waals surface area contributed by atoms with Gasteiger partial charge in [-0.3, -0.25) is 0 Å². The van der Waals surface area contributed by atoms with Crippen LogP contribution in [0, 0.1) is 0 Å². The first-order chi connectivity index (χ1) is 9.92. The summed E-state index contributed by atoms with van der Waals surface area (Å²) in [5, 5.41) is 9.63. The van der Waals surface area contributed by atoms with Crippen LogP contribution in [0.25, 0.3) is 0 Å². The Morgan fingerprint density at radius 1 is 1.38 bits per heavy atom. The smallest absolute Gasteiger partial charge is 0.241 e. The predicted octanol–water partition coefficient (Wildman–Crippen LogP) is 0.651. The molecule has 0 amide bonds. The highest BCUT2D eigenvalue weighted by atomic mass is 32.2. The van der Waals surface area contributed by atoms with Crippen molar-refractivity contribution < 1.29 is 18.3 Å². The Balaban J connectivity index is 2.35. The maximum absolute atomic E-state index is 12.7. The highest BCUT2D eigenvalue weighted by Crippen LogP contribution is 2.26. The van der Waals surface area contributed by atoms with Crippen molar-refractivity contribution in [2.45, 2.75) is 36.6 Å². The molecule has 0 atom stereocenters. The van der Waals surface area contributed by atoms with E-state index in [2.05, 4.69) is 4.72 Å². The van der Waals surface area contributed by atoms with E-state index in [0.29, 0.717) is 43.7 Å². The third-order valence-electron chi connectivity index (χ3n) is 3.87. The Morgan fingerprint density at radius 3 is 2.62 bits per heavy atom. The van der Waals surface area contributed by atoms with Gasteiger partial charge in [0, 0.05) is 18.9 Å². The summed E-state index contributed by atoms with van der Waals surface area (Å²) in [6, 6.07) is 4.87. The summed E-state index contributed by atoms with van der Waals surface area (Å²) in [5.41, 5.74) is 5.97. The average Bonchev–Trinajstić information content (AvgIpc) is 2.47. The third kappa shape index (κ3) is 3.55. The molecule has 1 fully saturated rings. The fourth-order valence-corrected chi connectivity index (χ4v) is 4.31. The van der Waals surface area contributed by atoms with Crippen molar-refractivity contribution in [2.75, 3.05) is 25.6 Å². The summed E-state index contributed by atoms with van der Waals surface area (Å²) in [7, 11) is -3.74. The lowest BCUT2D eigenvalue weighted by Gasteiger charge is -2.36. The van der Waals surface area contributed by atoms with Gasteiger partial charge >= 0.3 is 0 Å². The molecule has 1 aliphatic rings. The second-order valence-electron chi connectivity index (χ2n) is 5.38. The third-order valence-corrected chi connectivity index (χ3v) is 5.53. The van der Waals surface area contributed by atoms with Crippen LogP contribution in [-0.2, 0) is 21.2 Å². The quantitative estimate of drug-likeness (QED) is 0.693. The lowest BCUT2D eigenvalue weighted by molar-refractivity contribution is 0.0223. The first-order valence-electron chi connectivity index (χ1n) is 7.03. The summed E-state index contributed by atoms with van der Waals surface area (Å²) in [5.74, 6) is 0. The van der Waals surface area contributed by atoms with Crippen LogP contribution in [-0.4, -0.2) is 38.9 Å². The molecule has 0 bridgehead atoms. The molecular formula is C14H22N2O4S. The largest absolute Gasteiger partial charge is 0.399 e.